The van der Waals surface area contributed by atoms with Gasteiger partial charge in [-0.2, -0.15) is 9.97 Å². The average Bonchev–Trinajstić information content (AvgIpc) is 3.89. The molecule has 6 heteroatoms. The van der Waals surface area contributed by atoms with Crippen LogP contribution >= 0.6 is 0 Å². The maximum Gasteiger partial charge on any atom is 0.238 e. The predicted molar refractivity (Wildman–Crippen MR) is 216 cm³/mol. The number of benzene rings is 7. The Labute approximate surface area is 304 Å². The third-order valence-corrected chi connectivity index (χ3v) is 10.3. The highest BCUT2D eigenvalue weighted by Crippen LogP contribution is 2.43. The number of aromatic nitrogens is 6. The van der Waals surface area contributed by atoms with E-state index >= 15 is 0 Å². The number of hydrogen-bond donors (Lipinski definition) is 0. The zero-order valence-corrected chi connectivity index (χ0v) is 28.5. The number of para-hydroxylation sites is 4. The van der Waals surface area contributed by atoms with Gasteiger partial charge in [-0.05, 0) is 36.4 Å². The van der Waals surface area contributed by atoms with E-state index in [2.05, 4.69) is 135 Å². The minimum Gasteiger partial charge on any atom is -0.309 e. The summed E-state index contributed by atoms with van der Waals surface area (Å²) in [7, 11) is 0. The fourth-order valence-electron chi connectivity index (χ4n) is 8.02. The molecule has 0 atom stereocenters. The minimum atomic E-state index is 0.563. The topological polar surface area (TPSA) is 53.5 Å². The molecule has 7 aromatic carbocycles. The zero-order chi connectivity index (χ0) is 34.9. The Morgan fingerprint density at radius 1 is 0.358 bits per heavy atom. The summed E-state index contributed by atoms with van der Waals surface area (Å²) in [5.74, 6) is 1.82. The molecule has 0 N–H and O–H groups in total. The normalized spacial score (nSPS) is 11.8. The molecule has 0 unspecified atom stereocenters. The van der Waals surface area contributed by atoms with Gasteiger partial charge in [0, 0.05) is 49.9 Å². The zero-order valence-electron chi connectivity index (χ0n) is 28.5. The summed E-state index contributed by atoms with van der Waals surface area (Å²) in [6, 6.07) is 61.5. The highest BCUT2D eigenvalue weighted by molar-refractivity contribution is 6.26. The lowest BCUT2D eigenvalue weighted by Gasteiger charge is -2.10. The first-order valence-electron chi connectivity index (χ1n) is 17.8. The Morgan fingerprint density at radius 3 is 1.55 bits per heavy atom. The van der Waals surface area contributed by atoms with Crippen LogP contribution in [-0.2, 0) is 0 Å². The van der Waals surface area contributed by atoms with E-state index < -0.39 is 0 Å². The van der Waals surface area contributed by atoms with Crippen molar-refractivity contribution < 1.29 is 0 Å². The maximum absolute atomic E-state index is 5.11. The maximum atomic E-state index is 5.11. The molecular formula is C47H30N6. The first kappa shape index (κ1) is 29.4. The van der Waals surface area contributed by atoms with E-state index in [1.54, 1.807) is 0 Å². The van der Waals surface area contributed by atoms with Gasteiger partial charge in [-0.15, -0.1) is 0 Å². The Balaban J connectivity index is 1.23. The van der Waals surface area contributed by atoms with Gasteiger partial charge in [0.1, 0.15) is 0 Å². The third-order valence-electron chi connectivity index (χ3n) is 10.3. The van der Waals surface area contributed by atoms with Gasteiger partial charge in [-0.3, -0.25) is 4.57 Å². The third kappa shape index (κ3) is 4.49. The van der Waals surface area contributed by atoms with Crippen LogP contribution in [0.5, 0.6) is 0 Å². The van der Waals surface area contributed by atoms with Gasteiger partial charge < -0.3 is 9.13 Å². The Morgan fingerprint density at radius 2 is 0.887 bits per heavy atom. The summed E-state index contributed by atoms with van der Waals surface area (Å²) in [5.41, 5.74) is 9.72. The molecule has 0 spiro atoms. The lowest BCUT2D eigenvalue weighted by atomic mass is 10.1. The number of fused-ring (bicyclic) bond motifs is 8. The van der Waals surface area contributed by atoms with Gasteiger partial charge in [-0.1, -0.05) is 140 Å². The molecule has 0 saturated carbocycles. The van der Waals surface area contributed by atoms with Gasteiger partial charge in [0.05, 0.1) is 33.3 Å². The van der Waals surface area contributed by atoms with E-state index in [1.165, 1.54) is 32.6 Å². The predicted octanol–water partition coefficient (Wildman–Crippen LogP) is 11.3. The van der Waals surface area contributed by atoms with Crippen LogP contribution in [-0.4, -0.2) is 28.7 Å². The highest BCUT2D eigenvalue weighted by atomic mass is 15.2. The van der Waals surface area contributed by atoms with Crippen LogP contribution in [0.2, 0.25) is 0 Å². The highest BCUT2D eigenvalue weighted by Gasteiger charge is 2.23. The van der Waals surface area contributed by atoms with Crippen LogP contribution in [0.15, 0.2) is 182 Å². The molecule has 53 heavy (non-hydrogen) atoms. The van der Waals surface area contributed by atoms with E-state index in [0.717, 1.165) is 44.4 Å². The molecule has 0 radical (unpaired) electrons. The number of rotatable bonds is 5. The molecule has 4 aromatic heterocycles. The molecule has 0 fully saturated rings. The number of hydrogen-bond acceptors (Lipinski definition) is 3. The van der Waals surface area contributed by atoms with Crippen LogP contribution in [0.25, 0.3) is 94.6 Å². The monoisotopic (exact) mass is 678 g/mol. The molecule has 11 rings (SSSR count). The van der Waals surface area contributed by atoms with Crippen LogP contribution in [0.4, 0.5) is 0 Å². The van der Waals surface area contributed by atoms with Crippen LogP contribution in [0, 0.1) is 0 Å². The second-order valence-corrected chi connectivity index (χ2v) is 13.3. The summed E-state index contributed by atoms with van der Waals surface area (Å²) >= 11 is 0. The van der Waals surface area contributed by atoms with Crippen molar-refractivity contribution in [2.75, 3.05) is 0 Å². The quantitative estimate of drug-likeness (QED) is 0.182. The molecule has 0 aliphatic rings. The van der Waals surface area contributed by atoms with Crippen molar-refractivity contribution >= 4 is 54.5 Å². The largest absolute Gasteiger partial charge is 0.309 e. The lowest BCUT2D eigenvalue weighted by Crippen LogP contribution is -2.05. The van der Waals surface area contributed by atoms with Crippen LogP contribution in [0.1, 0.15) is 0 Å². The summed E-state index contributed by atoms with van der Waals surface area (Å²) in [6.45, 7) is 0. The van der Waals surface area contributed by atoms with Crippen LogP contribution < -0.4 is 0 Å². The van der Waals surface area contributed by atoms with E-state index in [-0.39, 0.29) is 0 Å². The molecule has 0 bridgehead atoms. The lowest BCUT2D eigenvalue weighted by molar-refractivity contribution is 0.929. The molecule has 248 valence electrons. The molecular weight excluding hydrogens is 649 g/mol. The first-order valence-corrected chi connectivity index (χ1v) is 17.8. The summed E-state index contributed by atoms with van der Waals surface area (Å²) in [4.78, 5) is 15.2. The number of nitrogens with zero attached hydrogens (tertiary/aromatic N) is 6. The molecule has 4 heterocycles. The smallest absolute Gasteiger partial charge is 0.238 e. The Kier molecular flexibility index (Phi) is 6.45. The summed E-state index contributed by atoms with van der Waals surface area (Å²) in [5, 5.41) is 5.98. The van der Waals surface area contributed by atoms with Crippen molar-refractivity contribution in [3.05, 3.63) is 182 Å². The summed E-state index contributed by atoms with van der Waals surface area (Å²) < 4.78 is 6.95. The van der Waals surface area contributed by atoms with Gasteiger partial charge in [0.15, 0.2) is 11.6 Å². The fourth-order valence-corrected chi connectivity index (χ4v) is 8.02. The van der Waals surface area contributed by atoms with E-state index in [4.69, 9.17) is 15.0 Å². The molecule has 11 aromatic rings. The second-order valence-electron chi connectivity index (χ2n) is 13.3. The molecule has 0 aliphatic heterocycles. The van der Waals surface area contributed by atoms with E-state index in [1.807, 2.05) is 60.7 Å². The van der Waals surface area contributed by atoms with Crippen LogP contribution in [0.3, 0.4) is 0 Å². The molecule has 0 aliphatic carbocycles. The van der Waals surface area contributed by atoms with Crippen molar-refractivity contribution in [1.29, 1.82) is 0 Å². The van der Waals surface area contributed by atoms with Crippen molar-refractivity contribution in [3.8, 4) is 40.1 Å². The van der Waals surface area contributed by atoms with Crippen molar-refractivity contribution in [1.82, 2.24) is 28.7 Å². The second kappa shape index (κ2) is 11.6. The molecule has 0 amide bonds. The van der Waals surface area contributed by atoms with Crippen molar-refractivity contribution in [2.45, 2.75) is 0 Å². The standard InChI is InChI=1S/C47H30N6/c1-4-16-31(17-5-1)45-48-46(32-18-6-2-7-19-32)50-47(49-45)51-30-42(36-23-11-13-25-38(36)51)53-40-27-15-12-24-37(40)43-41(53)29-28-35-34-22-10-14-26-39(34)52(44(35)43)33-20-8-3-9-21-33/h1-30H. The average molecular weight is 679 g/mol. The van der Waals surface area contributed by atoms with Gasteiger partial charge >= 0.3 is 0 Å². The molecule has 6 nitrogen and oxygen atoms in total. The Bertz CT molecular complexity index is 3100. The van der Waals surface area contributed by atoms with Gasteiger partial charge in [-0.25, -0.2) is 4.98 Å². The Hall–Kier alpha value is -7.31. The minimum absolute atomic E-state index is 0.563. The summed E-state index contributed by atoms with van der Waals surface area (Å²) in [6.07, 6.45) is 2.19. The van der Waals surface area contributed by atoms with Gasteiger partial charge in [0.2, 0.25) is 5.95 Å². The van der Waals surface area contributed by atoms with Crippen molar-refractivity contribution in [2.24, 2.45) is 0 Å². The van der Waals surface area contributed by atoms with E-state index in [9.17, 15) is 0 Å². The first-order chi connectivity index (χ1) is 26.3. The SMILES string of the molecule is c1ccc(-c2nc(-c3ccccc3)nc(-n3cc(-n4c5ccccc5c5c4ccc4c6ccccc6n(-c6ccccc6)c45)c4ccccc43)n2)cc1. The van der Waals surface area contributed by atoms with Crippen molar-refractivity contribution in [3.63, 3.8) is 0 Å². The molecule has 0 saturated heterocycles. The van der Waals surface area contributed by atoms with Gasteiger partial charge in [0.25, 0.3) is 0 Å². The fraction of sp³-hybridized carbons (Fsp3) is 0. The van der Waals surface area contributed by atoms with E-state index in [0.29, 0.717) is 17.6 Å².